The second-order valence-corrected chi connectivity index (χ2v) is 4.02. The fourth-order valence-corrected chi connectivity index (χ4v) is 1.77. The number of ether oxygens (including phenoxy) is 1. The highest BCUT2D eigenvalue weighted by atomic mass is 16.5. The van der Waals surface area contributed by atoms with E-state index in [-0.39, 0.29) is 0 Å². The summed E-state index contributed by atoms with van der Waals surface area (Å²) in [6, 6.07) is 13.4. The summed E-state index contributed by atoms with van der Waals surface area (Å²) in [5, 5.41) is 12.3. The molecule has 96 valence electrons. The van der Waals surface area contributed by atoms with Crippen molar-refractivity contribution < 1.29 is 4.74 Å². The number of aromatic nitrogens is 1. The minimum atomic E-state index is 0.613. The second kappa shape index (κ2) is 6.41. The summed E-state index contributed by atoms with van der Waals surface area (Å²) < 4.78 is 5.16. The van der Waals surface area contributed by atoms with Gasteiger partial charge in [0, 0.05) is 30.9 Å². The largest absolute Gasteiger partial charge is 0.497 e. The van der Waals surface area contributed by atoms with Crippen LogP contribution >= 0.6 is 0 Å². The average Bonchev–Trinajstić information content (AvgIpc) is 2.48. The van der Waals surface area contributed by atoms with Gasteiger partial charge in [0.1, 0.15) is 11.8 Å². The molecule has 1 aromatic carbocycles. The van der Waals surface area contributed by atoms with Crippen LogP contribution < -0.4 is 10.1 Å². The van der Waals surface area contributed by atoms with Crippen molar-refractivity contribution in [2.45, 2.75) is 6.42 Å². The minimum absolute atomic E-state index is 0.613. The van der Waals surface area contributed by atoms with E-state index in [1.54, 1.807) is 25.4 Å². The van der Waals surface area contributed by atoms with Crippen molar-refractivity contribution in [2.24, 2.45) is 0 Å². The number of pyridine rings is 1. The Hall–Kier alpha value is -2.54. The van der Waals surface area contributed by atoms with Gasteiger partial charge in [-0.25, -0.2) is 0 Å². The molecule has 0 atom stereocenters. The van der Waals surface area contributed by atoms with Gasteiger partial charge in [-0.1, -0.05) is 6.07 Å². The molecular formula is C15H15N3O. The van der Waals surface area contributed by atoms with Crippen molar-refractivity contribution in [2.75, 3.05) is 19.0 Å². The van der Waals surface area contributed by atoms with Crippen LogP contribution in [0.2, 0.25) is 0 Å². The molecule has 0 aliphatic carbocycles. The number of nitrogens with one attached hydrogen (secondary N) is 1. The van der Waals surface area contributed by atoms with Gasteiger partial charge < -0.3 is 10.1 Å². The van der Waals surface area contributed by atoms with Crippen LogP contribution in [0.3, 0.4) is 0 Å². The fraction of sp³-hybridized carbons (Fsp3) is 0.200. The maximum Gasteiger partial charge on any atom is 0.121 e. The molecule has 0 saturated carbocycles. The van der Waals surface area contributed by atoms with Crippen LogP contribution in [0.25, 0.3) is 0 Å². The van der Waals surface area contributed by atoms with E-state index in [0.29, 0.717) is 5.56 Å². The number of methoxy groups -OCH3 is 1. The second-order valence-electron chi connectivity index (χ2n) is 4.02. The third kappa shape index (κ3) is 3.46. The standard InChI is InChI=1S/C15H15N3O/c1-19-14-6-5-12(11-16)15(10-14)18-9-7-13-4-2-3-8-17-13/h2-6,8,10,18H,7,9H2,1H3. The van der Waals surface area contributed by atoms with Gasteiger partial charge in [-0.2, -0.15) is 5.26 Å². The number of hydrogen-bond donors (Lipinski definition) is 1. The van der Waals surface area contributed by atoms with E-state index in [1.807, 2.05) is 24.3 Å². The normalized spacial score (nSPS) is 9.68. The Morgan fingerprint density at radius 2 is 2.21 bits per heavy atom. The van der Waals surface area contributed by atoms with Crippen molar-refractivity contribution in [3.8, 4) is 11.8 Å². The molecular weight excluding hydrogens is 238 g/mol. The van der Waals surface area contributed by atoms with Gasteiger partial charge in [0.05, 0.1) is 18.4 Å². The van der Waals surface area contributed by atoms with Crippen molar-refractivity contribution in [1.29, 1.82) is 5.26 Å². The molecule has 19 heavy (non-hydrogen) atoms. The number of nitrogens with zero attached hydrogens (tertiary/aromatic N) is 2. The number of nitriles is 1. The van der Waals surface area contributed by atoms with E-state index < -0.39 is 0 Å². The molecule has 1 aromatic heterocycles. The highest BCUT2D eigenvalue weighted by Gasteiger charge is 2.03. The number of hydrogen-bond acceptors (Lipinski definition) is 4. The predicted octanol–water partition coefficient (Wildman–Crippen LogP) is 2.62. The van der Waals surface area contributed by atoms with Crippen LogP contribution in [0.15, 0.2) is 42.6 Å². The Morgan fingerprint density at radius 3 is 2.89 bits per heavy atom. The lowest BCUT2D eigenvalue weighted by atomic mass is 10.1. The Morgan fingerprint density at radius 1 is 1.32 bits per heavy atom. The van der Waals surface area contributed by atoms with E-state index >= 15 is 0 Å². The fourth-order valence-electron chi connectivity index (χ4n) is 1.77. The SMILES string of the molecule is COc1ccc(C#N)c(NCCc2ccccn2)c1. The third-order valence-corrected chi connectivity index (χ3v) is 2.77. The Labute approximate surface area is 112 Å². The predicted molar refractivity (Wildman–Crippen MR) is 74.1 cm³/mol. The first-order valence-electron chi connectivity index (χ1n) is 6.05. The van der Waals surface area contributed by atoms with Crippen LogP contribution in [0.5, 0.6) is 5.75 Å². The quantitative estimate of drug-likeness (QED) is 0.889. The third-order valence-electron chi connectivity index (χ3n) is 2.77. The zero-order valence-corrected chi connectivity index (χ0v) is 10.8. The highest BCUT2D eigenvalue weighted by Crippen LogP contribution is 2.21. The molecule has 1 N–H and O–H groups in total. The Balaban J connectivity index is 2.01. The smallest absolute Gasteiger partial charge is 0.121 e. The van der Waals surface area contributed by atoms with Crippen molar-refractivity contribution in [3.05, 3.63) is 53.9 Å². The molecule has 0 aliphatic rings. The summed E-state index contributed by atoms with van der Waals surface area (Å²) >= 11 is 0. The maximum atomic E-state index is 9.06. The monoisotopic (exact) mass is 253 g/mol. The molecule has 4 nitrogen and oxygen atoms in total. The van der Waals surface area contributed by atoms with Gasteiger partial charge in [-0.05, 0) is 24.3 Å². The van der Waals surface area contributed by atoms with Crippen LogP contribution in [-0.2, 0) is 6.42 Å². The van der Waals surface area contributed by atoms with E-state index in [4.69, 9.17) is 10.00 Å². The summed E-state index contributed by atoms with van der Waals surface area (Å²) in [6.45, 7) is 0.721. The molecule has 2 rings (SSSR count). The molecule has 0 bridgehead atoms. The molecule has 0 amide bonds. The number of rotatable bonds is 5. The number of benzene rings is 1. The van der Waals surface area contributed by atoms with Crippen molar-refractivity contribution >= 4 is 5.69 Å². The van der Waals surface area contributed by atoms with Crippen molar-refractivity contribution in [1.82, 2.24) is 4.98 Å². The average molecular weight is 253 g/mol. The first kappa shape index (κ1) is 12.9. The summed E-state index contributed by atoms with van der Waals surface area (Å²) in [5.41, 5.74) is 2.43. The van der Waals surface area contributed by atoms with Gasteiger partial charge in [-0.3, -0.25) is 4.98 Å². The van der Waals surface area contributed by atoms with Crippen LogP contribution in [-0.4, -0.2) is 18.6 Å². The van der Waals surface area contributed by atoms with Crippen LogP contribution in [0, 0.1) is 11.3 Å². The van der Waals surface area contributed by atoms with E-state index in [0.717, 1.165) is 30.1 Å². The Bertz CT molecular complexity index is 576. The number of anilines is 1. The molecule has 4 heteroatoms. The zero-order valence-electron chi connectivity index (χ0n) is 10.8. The van der Waals surface area contributed by atoms with E-state index in [2.05, 4.69) is 16.4 Å². The maximum absolute atomic E-state index is 9.06. The summed E-state index contributed by atoms with van der Waals surface area (Å²) in [6.07, 6.45) is 2.59. The van der Waals surface area contributed by atoms with Gasteiger partial charge in [-0.15, -0.1) is 0 Å². The molecule has 0 saturated heterocycles. The lowest BCUT2D eigenvalue weighted by molar-refractivity contribution is 0.415. The van der Waals surface area contributed by atoms with Crippen LogP contribution in [0.1, 0.15) is 11.3 Å². The van der Waals surface area contributed by atoms with Gasteiger partial charge in [0.25, 0.3) is 0 Å². The van der Waals surface area contributed by atoms with Gasteiger partial charge >= 0.3 is 0 Å². The van der Waals surface area contributed by atoms with Crippen molar-refractivity contribution in [3.63, 3.8) is 0 Å². The molecule has 0 spiro atoms. The summed E-state index contributed by atoms with van der Waals surface area (Å²) in [4.78, 5) is 4.26. The summed E-state index contributed by atoms with van der Waals surface area (Å²) in [5.74, 6) is 0.735. The van der Waals surface area contributed by atoms with Gasteiger partial charge in [0.2, 0.25) is 0 Å². The minimum Gasteiger partial charge on any atom is -0.497 e. The highest BCUT2D eigenvalue weighted by molar-refractivity contribution is 5.60. The van der Waals surface area contributed by atoms with Gasteiger partial charge in [0.15, 0.2) is 0 Å². The lowest BCUT2D eigenvalue weighted by Gasteiger charge is -2.09. The first-order valence-corrected chi connectivity index (χ1v) is 6.05. The molecule has 2 aromatic rings. The lowest BCUT2D eigenvalue weighted by Crippen LogP contribution is -2.07. The first-order chi connectivity index (χ1) is 9.33. The molecule has 0 fully saturated rings. The molecule has 0 radical (unpaired) electrons. The molecule has 1 heterocycles. The topological polar surface area (TPSA) is 57.9 Å². The van der Waals surface area contributed by atoms with E-state index in [9.17, 15) is 0 Å². The molecule has 0 unspecified atom stereocenters. The zero-order chi connectivity index (χ0) is 13.5. The summed E-state index contributed by atoms with van der Waals surface area (Å²) in [7, 11) is 1.61. The Kier molecular flexibility index (Phi) is 4.35. The van der Waals surface area contributed by atoms with Crippen LogP contribution in [0.4, 0.5) is 5.69 Å². The van der Waals surface area contributed by atoms with E-state index in [1.165, 1.54) is 0 Å². The molecule has 0 aliphatic heterocycles.